The Morgan fingerprint density at radius 2 is 2.03 bits per heavy atom. The maximum atomic E-state index is 13.6. The lowest BCUT2D eigenvalue weighted by molar-refractivity contribution is -0.135. The van der Waals surface area contributed by atoms with Crippen LogP contribution >= 0.6 is 22.7 Å². The number of ether oxygens (including phenoxy) is 1. The number of benzene rings is 1. The monoisotopic (exact) mass is 500 g/mol. The largest absolute Gasteiger partial charge is 0.491 e. The second-order valence-corrected chi connectivity index (χ2v) is 10.8. The summed E-state index contributed by atoms with van der Waals surface area (Å²) >= 11 is 3.07. The standard InChI is InChI=1S/C26H29FN2O3S2/c1-18(2)8-11-28(26(31)24-7-4-13-33-24)16-25(30)29-12-9-23-21(10-14-34-23)22(29)17-32-20-6-3-5-19(27)15-20/h3-7,10,13-15,18,22H,8-9,11-12,16-17H2,1-2H3/t22-/m1/s1. The average molecular weight is 501 g/mol. The summed E-state index contributed by atoms with van der Waals surface area (Å²) in [4.78, 5) is 32.0. The second-order valence-electron chi connectivity index (χ2n) is 8.81. The van der Waals surface area contributed by atoms with Crippen molar-refractivity contribution in [2.75, 3.05) is 26.2 Å². The normalized spacial score (nSPS) is 15.3. The molecular formula is C26H29FN2O3S2. The van der Waals surface area contributed by atoms with Crippen molar-refractivity contribution in [3.63, 3.8) is 0 Å². The lowest BCUT2D eigenvalue weighted by Crippen LogP contribution is -2.48. The molecule has 1 aliphatic rings. The van der Waals surface area contributed by atoms with Crippen molar-refractivity contribution in [2.45, 2.75) is 32.7 Å². The van der Waals surface area contributed by atoms with Crippen molar-refractivity contribution in [2.24, 2.45) is 5.92 Å². The highest BCUT2D eigenvalue weighted by atomic mass is 32.1. The fourth-order valence-corrected chi connectivity index (χ4v) is 5.70. The molecule has 0 saturated carbocycles. The Balaban J connectivity index is 1.52. The molecule has 0 saturated heterocycles. The molecule has 2 aromatic heterocycles. The van der Waals surface area contributed by atoms with E-state index in [-0.39, 0.29) is 36.8 Å². The fourth-order valence-electron chi connectivity index (χ4n) is 4.08. The molecule has 1 aromatic carbocycles. The molecular weight excluding hydrogens is 471 g/mol. The van der Waals surface area contributed by atoms with Gasteiger partial charge in [-0.15, -0.1) is 22.7 Å². The summed E-state index contributed by atoms with van der Waals surface area (Å²) in [5.74, 6) is 0.284. The third-order valence-corrected chi connectivity index (χ3v) is 7.80. The van der Waals surface area contributed by atoms with Crippen molar-refractivity contribution < 1.29 is 18.7 Å². The molecule has 34 heavy (non-hydrogen) atoms. The number of hydrogen-bond donors (Lipinski definition) is 0. The first-order chi connectivity index (χ1) is 16.4. The highest BCUT2D eigenvalue weighted by molar-refractivity contribution is 7.12. The van der Waals surface area contributed by atoms with Crippen LogP contribution in [-0.4, -0.2) is 47.9 Å². The van der Waals surface area contributed by atoms with Crippen molar-refractivity contribution in [1.82, 2.24) is 9.80 Å². The van der Waals surface area contributed by atoms with E-state index in [0.29, 0.717) is 29.6 Å². The Kier molecular flexibility index (Phi) is 8.00. The SMILES string of the molecule is CC(C)CCN(CC(=O)N1CCc2sccc2[C@H]1COc1cccc(F)c1)C(=O)c1cccs1. The maximum Gasteiger partial charge on any atom is 0.264 e. The number of fused-ring (bicyclic) bond motifs is 1. The zero-order valence-electron chi connectivity index (χ0n) is 19.4. The molecule has 0 fully saturated rings. The van der Waals surface area contributed by atoms with Crippen LogP contribution in [0.3, 0.4) is 0 Å². The van der Waals surface area contributed by atoms with Crippen LogP contribution in [0.2, 0.25) is 0 Å². The third-order valence-electron chi connectivity index (χ3n) is 5.94. The first-order valence-electron chi connectivity index (χ1n) is 11.5. The molecule has 0 radical (unpaired) electrons. The van der Waals surface area contributed by atoms with E-state index in [1.807, 2.05) is 27.8 Å². The number of halogens is 1. The molecule has 1 aliphatic heterocycles. The molecule has 8 heteroatoms. The van der Waals surface area contributed by atoms with Gasteiger partial charge in [-0.3, -0.25) is 9.59 Å². The van der Waals surface area contributed by atoms with E-state index in [4.69, 9.17) is 4.74 Å². The van der Waals surface area contributed by atoms with Gasteiger partial charge in [0.15, 0.2) is 0 Å². The Bertz CT molecular complexity index is 1110. The zero-order valence-corrected chi connectivity index (χ0v) is 21.0. The van der Waals surface area contributed by atoms with Crippen LogP contribution in [0, 0.1) is 11.7 Å². The minimum atomic E-state index is -0.363. The number of carbonyl (C=O) groups excluding carboxylic acids is 2. The predicted octanol–water partition coefficient (Wildman–Crippen LogP) is 5.64. The number of carbonyl (C=O) groups is 2. The smallest absolute Gasteiger partial charge is 0.264 e. The Labute approximate surface area is 207 Å². The molecule has 3 aromatic rings. The summed E-state index contributed by atoms with van der Waals surface area (Å²) in [6.07, 6.45) is 1.60. The molecule has 180 valence electrons. The zero-order chi connectivity index (χ0) is 24.1. The summed E-state index contributed by atoms with van der Waals surface area (Å²) < 4.78 is 19.5. The second kappa shape index (κ2) is 11.1. The van der Waals surface area contributed by atoms with Gasteiger partial charge >= 0.3 is 0 Å². The quantitative estimate of drug-likeness (QED) is 0.382. The van der Waals surface area contributed by atoms with E-state index < -0.39 is 0 Å². The van der Waals surface area contributed by atoms with Gasteiger partial charge in [-0.2, -0.15) is 0 Å². The van der Waals surface area contributed by atoms with E-state index in [9.17, 15) is 14.0 Å². The fraction of sp³-hybridized carbons (Fsp3) is 0.385. The van der Waals surface area contributed by atoms with Crippen LogP contribution in [0.25, 0.3) is 0 Å². The molecule has 0 bridgehead atoms. The Hall–Kier alpha value is -2.71. The van der Waals surface area contributed by atoms with Gasteiger partial charge in [-0.1, -0.05) is 26.0 Å². The highest BCUT2D eigenvalue weighted by Crippen LogP contribution is 2.34. The number of amides is 2. The van der Waals surface area contributed by atoms with Gasteiger partial charge in [0.05, 0.1) is 10.9 Å². The number of rotatable bonds is 9. The highest BCUT2D eigenvalue weighted by Gasteiger charge is 2.33. The first kappa shape index (κ1) is 24.4. The van der Waals surface area contributed by atoms with Crippen LogP contribution in [-0.2, 0) is 11.2 Å². The molecule has 0 N–H and O–H groups in total. The van der Waals surface area contributed by atoms with Crippen LogP contribution in [0.5, 0.6) is 5.75 Å². The Morgan fingerprint density at radius 3 is 2.76 bits per heavy atom. The van der Waals surface area contributed by atoms with E-state index in [1.165, 1.54) is 28.3 Å². The van der Waals surface area contributed by atoms with Crippen LogP contribution < -0.4 is 4.74 Å². The molecule has 4 rings (SSSR count). The summed E-state index contributed by atoms with van der Waals surface area (Å²) in [5, 5.41) is 3.90. The van der Waals surface area contributed by atoms with Gasteiger partial charge in [-0.05, 0) is 59.3 Å². The van der Waals surface area contributed by atoms with Gasteiger partial charge < -0.3 is 14.5 Å². The lowest BCUT2D eigenvalue weighted by atomic mass is 10.0. The molecule has 1 atom stereocenters. The lowest BCUT2D eigenvalue weighted by Gasteiger charge is -2.37. The summed E-state index contributed by atoms with van der Waals surface area (Å²) in [6, 6.07) is 11.4. The van der Waals surface area contributed by atoms with Crippen molar-refractivity contribution in [3.05, 3.63) is 74.4 Å². The first-order valence-corrected chi connectivity index (χ1v) is 13.2. The third kappa shape index (κ3) is 5.85. The molecule has 0 unspecified atom stereocenters. The van der Waals surface area contributed by atoms with Crippen molar-refractivity contribution in [1.29, 1.82) is 0 Å². The molecule has 0 spiro atoms. The van der Waals surface area contributed by atoms with E-state index in [1.54, 1.807) is 34.4 Å². The summed E-state index contributed by atoms with van der Waals surface area (Å²) in [6.45, 7) is 5.57. The average Bonchev–Trinajstić information content (AvgIpc) is 3.51. The number of thiophene rings is 2. The van der Waals surface area contributed by atoms with Crippen LogP contribution in [0.4, 0.5) is 4.39 Å². The van der Waals surface area contributed by atoms with Gasteiger partial charge in [0.1, 0.15) is 24.7 Å². The summed E-state index contributed by atoms with van der Waals surface area (Å²) in [7, 11) is 0. The van der Waals surface area contributed by atoms with Crippen molar-refractivity contribution in [3.8, 4) is 5.75 Å². The van der Waals surface area contributed by atoms with E-state index in [0.717, 1.165) is 18.4 Å². The number of hydrogen-bond acceptors (Lipinski definition) is 5. The van der Waals surface area contributed by atoms with Gasteiger partial charge in [0.25, 0.3) is 5.91 Å². The molecule has 3 heterocycles. The van der Waals surface area contributed by atoms with Crippen LogP contribution in [0.15, 0.2) is 53.2 Å². The van der Waals surface area contributed by atoms with E-state index >= 15 is 0 Å². The van der Waals surface area contributed by atoms with Crippen LogP contribution in [0.1, 0.15) is 46.4 Å². The van der Waals surface area contributed by atoms with Crippen molar-refractivity contribution >= 4 is 34.5 Å². The topological polar surface area (TPSA) is 49.9 Å². The predicted molar refractivity (Wildman–Crippen MR) is 134 cm³/mol. The van der Waals surface area contributed by atoms with E-state index in [2.05, 4.69) is 13.8 Å². The van der Waals surface area contributed by atoms with Gasteiger partial charge in [-0.25, -0.2) is 4.39 Å². The van der Waals surface area contributed by atoms with Gasteiger partial charge in [0, 0.05) is 24.0 Å². The Morgan fingerprint density at radius 1 is 1.18 bits per heavy atom. The minimum Gasteiger partial charge on any atom is -0.491 e. The maximum absolute atomic E-state index is 13.6. The summed E-state index contributed by atoms with van der Waals surface area (Å²) in [5.41, 5.74) is 1.07. The van der Waals surface area contributed by atoms with Gasteiger partial charge in [0.2, 0.25) is 5.91 Å². The molecule has 5 nitrogen and oxygen atoms in total. The molecule has 0 aliphatic carbocycles. The number of nitrogens with zero attached hydrogens (tertiary/aromatic N) is 2. The minimum absolute atomic E-state index is 0.0272. The molecule has 2 amide bonds.